The quantitative estimate of drug-likeness (QED) is 0.265. The first-order chi connectivity index (χ1) is 16.2. The number of amides is 1. The van der Waals surface area contributed by atoms with Crippen LogP contribution >= 0.6 is 0 Å². The minimum atomic E-state index is -1.35. The molecule has 0 saturated heterocycles. The van der Waals surface area contributed by atoms with Gasteiger partial charge in [-0.15, -0.1) is 5.23 Å². The van der Waals surface area contributed by atoms with Gasteiger partial charge in [0.1, 0.15) is 5.75 Å². The van der Waals surface area contributed by atoms with Crippen LogP contribution in [0.25, 0.3) is 6.08 Å². The second kappa shape index (κ2) is 10.3. The molecule has 0 saturated carbocycles. The zero-order valence-electron chi connectivity index (χ0n) is 18.2. The molecule has 0 aliphatic rings. The molecule has 0 atom stereocenters. The number of carbonyl (C=O) groups excluding carboxylic acids is 2. The van der Waals surface area contributed by atoms with Crippen LogP contribution in [-0.2, 0) is 0 Å². The van der Waals surface area contributed by atoms with Crippen molar-refractivity contribution in [1.29, 1.82) is 0 Å². The SMILES string of the molecule is C=C(C=Cc1cccc(N(O)O)c1)N(C(=O)c1cc(OC)ccc1N)c1ccc(C(=O)[O-])cc1. The fourth-order valence-electron chi connectivity index (χ4n) is 3.15. The Morgan fingerprint density at radius 3 is 2.35 bits per heavy atom. The maximum atomic E-state index is 13.5. The highest BCUT2D eigenvalue weighted by molar-refractivity contribution is 6.12. The predicted octanol–water partition coefficient (Wildman–Crippen LogP) is 3.10. The van der Waals surface area contributed by atoms with Crippen LogP contribution in [0.2, 0.25) is 0 Å². The average molecular weight is 460 g/mol. The van der Waals surface area contributed by atoms with Crippen molar-refractivity contribution in [3.05, 3.63) is 102 Å². The Balaban J connectivity index is 2.02. The van der Waals surface area contributed by atoms with E-state index in [9.17, 15) is 25.1 Å². The van der Waals surface area contributed by atoms with E-state index in [2.05, 4.69) is 6.58 Å². The molecule has 3 aromatic carbocycles. The number of rotatable bonds is 8. The number of nitrogens with zero attached hydrogens (tertiary/aromatic N) is 2. The highest BCUT2D eigenvalue weighted by atomic mass is 16.8. The van der Waals surface area contributed by atoms with Crippen LogP contribution in [0, 0.1) is 0 Å². The molecule has 0 bridgehead atoms. The minimum absolute atomic E-state index is 0.00752. The van der Waals surface area contributed by atoms with Crippen molar-refractivity contribution in [3.63, 3.8) is 0 Å². The Morgan fingerprint density at radius 1 is 1.03 bits per heavy atom. The van der Waals surface area contributed by atoms with Gasteiger partial charge in [0.2, 0.25) is 0 Å². The largest absolute Gasteiger partial charge is 0.545 e. The molecular formula is C25H22N3O6-. The number of aromatic carboxylic acids is 1. The summed E-state index contributed by atoms with van der Waals surface area (Å²) in [5.74, 6) is -1.43. The number of anilines is 3. The van der Waals surface area contributed by atoms with Crippen molar-refractivity contribution in [2.75, 3.05) is 23.0 Å². The third-order valence-electron chi connectivity index (χ3n) is 4.91. The summed E-state index contributed by atoms with van der Waals surface area (Å²) in [5.41, 5.74) is 7.71. The summed E-state index contributed by atoms with van der Waals surface area (Å²) in [4.78, 5) is 25.9. The topological polar surface area (TPSA) is 139 Å². The van der Waals surface area contributed by atoms with Crippen molar-refractivity contribution in [1.82, 2.24) is 0 Å². The van der Waals surface area contributed by atoms with Gasteiger partial charge in [0.25, 0.3) is 5.91 Å². The highest BCUT2D eigenvalue weighted by Crippen LogP contribution is 2.28. The zero-order valence-corrected chi connectivity index (χ0v) is 18.2. The van der Waals surface area contributed by atoms with Gasteiger partial charge in [0.15, 0.2) is 0 Å². The number of nitrogen functional groups attached to an aromatic ring is 1. The molecule has 3 aromatic rings. The van der Waals surface area contributed by atoms with Crippen LogP contribution in [0.5, 0.6) is 5.75 Å². The molecule has 0 aliphatic heterocycles. The molecule has 0 aromatic heterocycles. The number of methoxy groups -OCH3 is 1. The summed E-state index contributed by atoms with van der Waals surface area (Å²) < 4.78 is 5.20. The van der Waals surface area contributed by atoms with Crippen LogP contribution in [0.1, 0.15) is 26.3 Å². The lowest BCUT2D eigenvalue weighted by Crippen LogP contribution is -2.30. The van der Waals surface area contributed by atoms with E-state index in [0.717, 1.165) is 0 Å². The van der Waals surface area contributed by atoms with Gasteiger partial charge in [0, 0.05) is 17.1 Å². The second-order valence-corrected chi connectivity index (χ2v) is 7.14. The van der Waals surface area contributed by atoms with E-state index in [4.69, 9.17) is 10.5 Å². The van der Waals surface area contributed by atoms with Crippen molar-refractivity contribution in [2.24, 2.45) is 0 Å². The lowest BCUT2D eigenvalue weighted by atomic mass is 10.1. The number of benzene rings is 3. The third kappa shape index (κ3) is 5.41. The molecule has 34 heavy (non-hydrogen) atoms. The summed E-state index contributed by atoms with van der Waals surface area (Å²) in [6, 6.07) is 16.5. The fraction of sp³-hybridized carbons (Fsp3) is 0.0400. The molecule has 0 spiro atoms. The molecule has 0 unspecified atom stereocenters. The Morgan fingerprint density at radius 2 is 1.74 bits per heavy atom. The van der Waals surface area contributed by atoms with E-state index < -0.39 is 11.9 Å². The Labute approximate surface area is 195 Å². The van der Waals surface area contributed by atoms with Gasteiger partial charge in [-0.2, -0.15) is 0 Å². The number of allylic oxidation sites excluding steroid dienone is 1. The molecule has 0 radical (unpaired) electrons. The van der Waals surface area contributed by atoms with Gasteiger partial charge in [-0.25, -0.2) is 0 Å². The molecule has 0 heterocycles. The molecule has 9 nitrogen and oxygen atoms in total. The van der Waals surface area contributed by atoms with Gasteiger partial charge in [-0.1, -0.05) is 36.9 Å². The molecule has 174 valence electrons. The second-order valence-electron chi connectivity index (χ2n) is 7.14. The van der Waals surface area contributed by atoms with Crippen LogP contribution in [0.3, 0.4) is 0 Å². The maximum absolute atomic E-state index is 13.5. The van der Waals surface area contributed by atoms with Crippen LogP contribution < -0.4 is 25.7 Å². The molecule has 0 aliphatic carbocycles. The number of carboxylic acid groups (broad SMARTS) is 1. The first kappa shape index (κ1) is 24.1. The average Bonchev–Trinajstić information content (AvgIpc) is 2.83. The molecule has 0 fully saturated rings. The predicted molar refractivity (Wildman–Crippen MR) is 126 cm³/mol. The standard InChI is InChI=1S/C25H23N3O6/c1-16(6-7-17-4-3-5-20(14-17)28(32)33)27(19-10-8-18(9-11-19)25(30)31)24(29)22-15-21(34-2)12-13-23(22)26/h3-15,32-33H,1,26H2,2H3,(H,30,31)/p-1. The monoisotopic (exact) mass is 460 g/mol. The molecule has 4 N–H and O–H groups in total. The number of carbonyl (C=O) groups is 2. The van der Waals surface area contributed by atoms with Crippen molar-refractivity contribution < 1.29 is 29.8 Å². The summed E-state index contributed by atoms with van der Waals surface area (Å²) in [5, 5.41) is 29.6. The highest BCUT2D eigenvalue weighted by Gasteiger charge is 2.22. The van der Waals surface area contributed by atoms with Crippen molar-refractivity contribution in [2.45, 2.75) is 0 Å². The smallest absolute Gasteiger partial charge is 0.265 e. The molecular weight excluding hydrogens is 438 g/mol. The normalized spacial score (nSPS) is 10.7. The van der Waals surface area contributed by atoms with Gasteiger partial charge in [0.05, 0.1) is 24.3 Å². The van der Waals surface area contributed by atoms with Gasteiger partial charge >= 0.3 is 0 Å². The number of nitrogens with two attached hydrogens (primary N) is 1. The van der Waals surface area contributed by atoms with E-state index in [1.54, 1.807) is 36.4 Å². The van der Waals surface area contributed by atoms with Crippen LogP contribution in [-0.4, -0.2) is 29.4 Å². The van der Waals surface area contributed by atoms with Crippen molar-refractivity contribution in [3.8, 4) is 5.75 Å². The number of carboxylic acids is 1. The lowest BCUT2D eigenvalue weighted by molar-refractivity contribution is -0.255. The third-order valence-corrected chi connectivity index (χ3v) is 4.91. The summed E-state index contributed by atoms with van der Waals surface area (Å²) >= 11 is 0. The van der Waals surface area contributed by atoms with E-state index >= 15 is 0 Å². The number of hydrogen-bond acceptors (Lipinski definition) is 8. The van der Waals surface area contributed by atoms with Gasteiger partial charge < -0.3 is 20.4 Å². The summed E-state index contributed by atoms with van der Waals surface area (Å²) in [6.07, 6.45) is 3.18. The van der Waals surface area contributed by atoms with E-state index in [1.807, 2.05) is 0 Å². The fourth-order valence-corrected chi connectivity index (χ4v) is 3.15. The molecule has 3 rings (SSSR count). The Hall–Kier alpha value is -4.60. The zero-order chi connectivity index (χ0) is 24.8. The van der Waals surface area contributed by atoms with Crippen molar-refractivity contribution >= 4 is 35.0 Å². The summed E-state index contributed by atoms with van der Waals surface area (Å²) in [6.45, 7) is 3.99. The summed E-state index contributed by atoms with van der Waals surface area (Å²) in [7, 11) is 1.46. The Kier molecular flexibility index (Phi) is 7.32. The first-order valence-electron chi connectivity index (χ1n) is 9.95. The van der Waals surface area contributed by atoms with E-state index in [-0.39, 0.29) is 33.4 Å². The minimum Gasteiger partial charge on any atom is -0.545 e. The number of hydrogen-bond donors (Lipinski definition) is 3. The van der Waals surface area contributed by atoms with E-state index in [0.29, 0.717) is 17.0 Å². The van der Waals surface area contributed by atoms with Crippen LogP contribution in [0.15, 0.2) is 85.1 Å². The Bertz CT molecular complexity index is 1250. The molecule has 1 amide bonds. The molecule has 9 heteroatoms. The number of ether oxygens (including phenoxy) is 1. The van der Waals surface area contributed by atoms with Crippen LogP contribution in [0.4, 0.5) is 17.1 Å². The lowest BCUT2D eigenvalue weighted by Gasteiger charge is -2.24. The van der Waals surface area contributed by atoms with E-state index in [1.165, 1.54) is 54.5 Å². The van der Waals surface area contributed by atoms with Gasteiger partial charge in [-0.3, -0.25) is 20.1 Å². The first-order valence-corrected chi connectivity index (χ1v) is 9.95. The maximum Gasteiger partial charge on any atom is 0.265 e. The van der Waals surface area contributed by atoms with Gasteiger partial charge in [-0.05, 0) is 59.7 Å².